The number of terminal acetylenes is 1. The van der Waals surface area contributed by atoms with Gasteiger partial charge < -0.3 is 15.4 Å². The standard InChI is InChI=1S/C20H17Cl2N3O2/c1-3-7-27-19-13(21)8-11(9-14(19)22)17-12(10-23)20(24)25(2)15-5-4-6-16(26)18(15)17/h1,8-9,17H,4-7,24H2,2H3/t17-/m1/s1. The van der Waals surface area contributed by atoms with Crippen LogP contribution in [0.1, 0.15) is 30.7 Å². The highest BCUT2D eigenvalue weighted by molar-refractivity contribution is 6.37. The minimum atomic E-state index is -0.606. The Kier molecular flexibility index (Phi) is 5.37. The minimum absolute atomic E-state index is 0.00764. The number of benzene rings is 1. The molecule has 138 valence electrons. The average Bonchev–Trinajstić information content (AvgIpc) is 2.64. The molecule has 0 fully saturated rings. The Morgan fingerprint density at radius 3 is 2.63 bits per heavy atom. The Morgan fingerprint density at radius 2 is 2.04 bits per heavy atom. The molecule has 0 bridgehead atoms. The monoisotopic (exact) mass is 401 g/mol. The van der Waals surface area contributed by atoms with Crippen LogP contribution in [0, 0.1) is 23.7 Å². The van der Waals surface area contributed by atoms with Crippen molar-refractivity contribution in [3.63, 3.8) is 0 Å². The zero-order valence-corrected chi connectivity index (χ0v) is 16.2. The van der Waals surface area contributed by atoms with Gasteiger partial charge in [0, 0.05) is 24.7 Å². The summed E-state index contributed by atoms with van der Waals surface area (Å²) in [5, 5.41) is 10.3. The van der Waals surface area contributed by atoms with E-state index >= 15 is 0 Å². The van der Waals surface area contributed by atoms with E-state index in [0.717, 1.165) is 18.5 Å². The molecular formula is C20H17Cl2N3O2. The molecular weight excluding hydrogens is 385 g/mol. The second kappa shape index (κ2) is 7.56. The topological polar surface area (TPSA) is 79.3 Å². The maximum absolute atomic E-state index is 12.7. The molecule has 0 aromatic heterocycles. The number of carbonyl (C=O) groups is 1. The third kappa shape index (κ3) is 3.25. The fourth-order valence-corrected chi connectivity index (χ4v) is 4.21. The predicted octanol–water partition coefficient (Wildman–Crippen LogP) is 3.74. The van der Waals surface area contributed by atoms with Crippen LogP contribution in [0.5, 0.6) is 5.75 Å². The van der Waals surface area contributed by atoms with Crippen LogP contribution in [0.15, 0.2) is 34.8 Å². The van der Waals surface area contributed by atoms with Crippen molar-refractivity contribution in [1.82, 2.24) is 4.90 Å². The average molecular weight is 402 g/mol. The van der Waals surface area contributed by atoms with E-state index in [2.05, 4.69) is 12.0 Å². The number of nitriles is 1. The second-order valence-corrected chi connectivity index (χ2v) is 7.16. The van der Waals surface area contributed by atoms with Gasteiger partial charge in [0.1, 0.15) is 12.4 Å². The summed E-state index contributed by atoms with van der Waals surface area (Å²) in [6.07, 6.45) is 7.12. The quantitative estimate of drug-likeness (QED) is 0.780. The van der Waals surface area contributed by atoms with Crippen LogP contribution in [-0.4, -0.2) is 24.3 Å². The van der Waals surface area contributed by atoms with Crippen molar-refractivity contribution in [3.8, 4) is 24.2 Å². The van der Waals surface area contributed by atoms with Crippen LogP contribution < -0.4 is 10.5 Å². The Morgan fingerprint density at radius 1 is 1.37 bits per heavy atom. The van der Waals surface area contributed by atoms with Gasteiger partial charge in [-0.3, -0.25) is 4.79 Å². The lowest BCUT2D eigenvalue weighted by Crippen LogP contribution is -2.36. The van der Waals surface area contributed by atoms with Gasteiger partial charge in [0.05, 0.1) is 27.6 Å². The van der Waals surface area contributed by atoms with Gasteiger partial charge in [-0.2, -0.15) is 5.26 Å². The fraction of sp³-hybridized carbons (Fsp3) is 0.300. The molecule has 2 aliphatic rings. The van der Waals surface area contributed by atoms with Crippen LogP contribution in [0.3, 0.4) is 0 Å². The predicted molar refractivity (Wildman–Crippen MR) is 104 cm³/mol. The summed E-state index contributed by atoms with van der Waals surface area (Å²) in [4.78, 5) is 14.5. The van der Waals surface area contributed by atoms with E-state index in [0.29, 0.717) is 29.0 Å². The van der Waals surface area contributed by atoms with E-state index in [-0.39, 0.29) is 28.2 Å². The molecule has 0 amide bonds. The number of hydrogen-bond acceptors (Lipinski definition) is 5. The number of allylic oxidation sites excluding steroid dienone is 3. The minimum Gasteiger partial charge on any atom is -0.478 e. The molecule has 5 nitrogen and oxygen atoms in total. The summed E-state index contributed by atoms with van der Waals surface area (Å²) >= 11 is 12.7. The van der Waals surface area contributed by atoms with E-state index in [4.69, 9.17) is 40.1 Å². The lowest BCUT2D eigenvalue weighted by Gasteiger charge is -2.37. The van der Waals surface area contributed by atoms with Crippen molar-refractivity contribution in [1.29, 1.82) is 5.26 Å². The van der Waals surface area contributed by atoms with E-state index in [9.17, 15) is 10.1 Å². The number of nitrogens with zero attached hydrogens (tertiary/aromatic N) is 2. The summed E-state index contributed by atoms with van der Waals surface area (Å²) in [6, 6.07) is 5.45. The molecule has 1 heterocycles. The molecule has 0 saturated carbocycles. The van der Waals surface area contributed by atoms with Crippen molar-refractivity contribution >= 4 is 29.0 Å². The smallest absolute Gasteiger partial charge is 0.161 e. The van der Waals surface area contributed by atoms with Crippen molar-refractivity contribution in [2.75, 3.05) is 13.7 Å². The van der Waals surface area contributed by atoms with Gasteiger partial charge in [0.25, 0.3) is 0 Å². The van der Waals surface area contributed by atoms with E-state index < -0.39 is 5.92 Å². The van der Waals surface area contributed by atoms with Crippen molar-refractivity contribution in [2.24, 2.45) is 5.73 Å². The SMILES string of the molecule is C#CCOc1c(Cl)cc([C@@H]2C(C#N)=C(N)N(C)C3=C2C(=O)CCC3)cc1Cl. The summed E-state index contributed by atoms with van der Waals surface area (Å²) in [6.45, 7) is 0.0249. The molecule has 0 spiro atoms. The van der Waals surface area contributed by atoms with Gasteiger partial charge in [-0.25, -0.2) is 0 Å². The number of nitrogens with two attached hydrogens (primary N) is 1. The van der Waals surface area contributed by atoms with Crippen LogP contribution in [0.4, 0.5) is 0 Å². The first-order valence-corrected chi connectivity index (χ1v) is 9.11. The fourth-order valence-electron chi connectivity index (χ4n) is 3.59. The van der Waals surface area contributed by atoms with Crippen LogP contribution >= 0.6 is 23.2 Å². The molecule has 1 aliphatic heterocycles. The Hall–Kier alpha value is -2.60. The largest absolute Gasteiger partial charge is 0.478 e. The normalized spacial score (nSPS) is 19.5. The highest BCUT2D eigenvalue weighted by Crippen LogP contribution is 2.46. The molecule has 1 aromatic rings. The van der Waals surface area contributed by atoms with E-state index in [1.807, 2.05) is 0 Å². The molecule has 27 heavy (non-hydrogen) atoms. The number of ketones is 1. The number of hydrogen-bond donors (Lipinski definition) is 1. The summed E-state index contributed by atoms with van der Waals surface area (Å²) in [7, 11) is 1.77. The Balaban J connectivity index is 2.18. The number of ether oxygens (including phenoxy) is 1. The van der Waals surface area contributed by atoms with Crippen molar-refractivity contribution < 1.29 is 9.53 Å². The molecule has 0 unspecified atom stereocenters. The number of rotatable bonds is 3. The third-order valence-electron chi connectivity index (χ3n) is 4.82. The van der Waals surface area contributed by atoms with Crippen LogP contribution in [0.25, 0.3) is 0 Å². The molecule has 3 rings (SSSR count). The number of halogens is 2. The maximum atomic E-state index is 12.7. The van der Waals surface area contributed by atoms with Gasteiger partial charge >= 0.3 is 0 Å². The second-order valence-electron chi connectivity index (χ2n) is 6.35. The number of Topliss-reactive ketones (excluding diaryl/α,β-unsaturated/α-hetero) is 1. The molecule has 1 aromatic carbocycles. The Bertz CT molecular complexity index is 943. The highest BCUT2D eigenvalue weighted by atomic mass is 35.5. The molecule has 1 aliphatic carbocycles. The number of carbonyl (C=O) groups excluding carboxylic acids is 1. The highest BCUT2D eigenvalue weighted by Gasteiger charge is 2.39. The van der Waals surface area contributed by atoms with E-state index in [1.165, 1.54) is 0 Å². The molecule has 0 saturated heterocycles. The zero-order chi connectivity index (χ0) is 19.7. The van der Waals surface area contributed by atoms with Gasteiger partial charge in [-0.05, 0) is 30.5 Å². The molecule has 2 N–H and O–H groups in total. The molecule has 7 heteroatoms. The van der Waals surface area contributed by atoms with Gasteiger partial charge in [-0.15, -0.1) is 6.42 Å². The molecule has 0 radical (unpaired) electrons. The first-order chi connectivity index (χ1) is 12.9. The first kappa shape index (κ1) is 19.2. The van der Waals surface area contributed by atoms with Gasteiger partial charge in [-0.1, -0.05) is 29.1 Å². The van der Waals surface area contributed by atoms with E-state index in [1.54, 1.807) is 24.1 Å². The van der Waals surface area contributed by atoms with Gasteiger partial charge in [0.2, 0.25) is 0 Å². The lowest BCUT2D eigenvalue weighted by atomic mass is 9.76. The lowest BCUT2D eigenvalue weighted by molar-refractivity contribution is -0.116. The van der Waals surface area contributed by atoms with Gasteiger partial charge in [0.15, 0.2) is 11.5 Å². The summed E-state index contributed by atoms with van der Waals surface area (Å²) in [5.74, 6) is 2.36. The van der Waals surface area contributed by atoms with Crippen LogP contribution in [-0.2, 0) is 4.79 Å². The van der Waals surface area contributed by atoms with Crippen molar-refractivity contribution in [2.45, 2.75) is 25.2 Å². The third-order valence-corrected chi connectivity index (χ3v) is 5.38. The van der Waals surface area contributed by atoms with Crippen LogP contribution in [0.2, 0.25) is 10.0 Å². The Labute approximate surface area is 168 Å². The molecule has 1 atom stereocenters. The summed E-state index contributed by atoms with van der Waals surface area (Å²) in [5.41, 5.74) is 8.55. The zero-order valence-electron chi connectivity index (χ0n) is 14.7. The summed E-state index contributed by atoms with van der Waals surface area (Å²) < 4.78 is 5.39. The first-order valence-electron chi connectivity index (χ1n) is 8.35. The maximum Gasteiger partial charge on any atom is 0.161 e. The van der Waals surface area contributed by atoms with Crippen molar-refractivity contribution in [3.05, 3.63) is 50.4 Å².